The Kier molecular flexibility index (Phi) is 5.94. The summed E-state index contributed by atoms with van der Waals surface area (Å²) >= 11 is 3.12. The number of hydrogen-bond acceptors (Lipinski definition) is 5. The zero-order valence-electron chi connectivity index (χ0n) is 14.2. The Morgan fingerprint density at radius 1 is 1.42 bits per heavy atom. The number of thiophene rings is 1. The van der Waals surface area contributed by atoms with Gasteiger partial charge >= 0.3 is 0 Å². The number of hydrogen-bond donors (Lipinski definition) is 1. The second kappa shape index (κ2) is 8.16. The van der Waals surface area contributed by atoms with Gasteiger partial charge in [-0.25, -0.2) is 0 Å². The molecule has 2 aromatic heterocycles. The lowest BCUT2D eigenvalue weighted by Crippen LogP contribution is -2.41. The summed E-state index contributed by atoms with van der Waals surface area (Å²) in [6.07, 6.45) is 4.82. The number of nitrogens with one attached hydrogen (secondary N) is 1. The fraction of sp³-hybridized carbons (Fsp3) is 0.588. The monoisotopic (exact) mass is 364 g/mol. The van der Waals surface area contributed by atoms with Crippen LogP contribution in [0.25, 0.3) is 10.7 Å². The standard InChI is InChI=1S/C17H24N4OS2/c1-3-21-16(14-9-6-10-23-14)19-20-17(21)24-11-15(22)18-13-8-5-4-7-12(13)2/h6,9-10,12-13H,3-5,7-8,11H2,1-2H3,(H,18,22)/t12-,13-/m0/s1. The van der Waals surface area contributed by atoms with E-state index in [1.807, 2.05) is 17.5 Å². The van der Waals surface area contributed by atoms with Crippen molar-refractivity contribution >= 4 is 29.0 Å². The number of carbonyl (C=O) groups is 1. The molecule has 0 saturated heterocycles. The van der Waals surface area contributed by atoms with E-state index in [1.54, 1.807) is 11.3 Å². The van der Waals surface area contributed by atoms with Crippen LogP contribution in [0.3, 0.4) is 0 Å². The minimum absolute atomic E-state index is 0.0991. The van der Waals surface area contributed by atoms with Crippen LogP contribution in [0.2, 0.25) is 0 Å². The third kappa shape index (κ3) is 4.00. The van der Waals surface area contributed by atoms with E-state index in [9.17, 15) is 4.79 Å². The SMILES string of the molecule is CCn1c(SCC(=O)N[C@H]2CCCC[C@@H]2C)nnc1-c1cccs1. The van der Waals surface area contributed by atoms with Gasteiger partial charge in [-0.05, 0) is 37.1 Å². The summed E-state index contributed by atoms with van der Waals surface area (Å²) < 4.78 is 2.08. The molecule has 0 aromatic carbocycles. The fourth-order valence-corrected chi connectivity index (χ4v) is 4.71. The van der Waals surface area contributed by atoms with Gasteiger partial charge in [-0.15, -0.1) is 21.5 Å². The normalized spacial score (nSPS) is 20.9. The maximum atomic E-state index is 12.3. The summed E-state index contributed by atoms with van der Waals surface area (Å²) in [5.74, 6) is 1.96. The summed E-state index contributed by atoms with van der Waals surface area (Å²) in [4.78, 5) is 13.4. The number of amides is 1. The van der Waals surface area contributed by atoms with Crippen molar-refractivity contribution in [2.75, 3.05) is 5.75 Å². The van der Waals surface area contributed by atoms with E-state index in [0.717, 1.165) is 28.8 Å². The molecule has 24 heavy (non-hydrogen) atoms. The number of nitrogens with zero attached hydrogens (tertiary/aromatic N) is 3. The first-order valence-corrected chi connectivity index (χ1v) is 10.4. The van der Waals surface area contributed by atoms with E-state index in [4.69, 9.17) is 0 Å². The van der Waals surface area contributed by atoms with E-state index < -0.39 is 0 Å². The number of aromatic nitrogens is 3. The molecule has 0 bridgehead atoms. The van der Waals surface area contributed by atoms with Gasteiger partial charge in [0, 0.05) is 12.6 Å². The number of thioether (sulfide) groups is 1. The third-order valence-corrected chi connectivity index (χ3v) is 6.40. The summed E-state index contributed by atoms with van der Waals surface area (Å²) in [7, 11) is 0. The zero-order valence-corrected chi connectivity index (χ0v) is 15.8. The Morgan fingerprint density at radius 2 is 2.25 bits per heavy atom. The van der Waals surface area contributed by atoms with Gasteiger partial charge in [0.1, 0.15) is 0 Å². The van der Waals surface area contributed by atoms with Crippen LogP contribution in [0.4, 0.5) is 0 Å². The Balaban J connectivity index is 1.59. The Labute approximate surface area is 151 Å². The molecule has 0 spiro atoms. The highest BCUT2D eigenvalue weighted by Gasteiger charge is 2.23. The molecule has 0 radical (unpaired) electrons. The molecule has 1 saturated carbocycles. The van der Waals surface area contributed by atoms with Crippen molar-refractivity contribution in [2.45, 2.75) is 57.3 Å². The minimum Gasteiger partial charge on any atom is -0.352 e. The molecule has 130 valence electrons. The number of rotatable bonds is 6. The first-order valence-electron chi connectivity index (χ1n) is 8.58. The predicted octanol–water partition coefficient (Wildman–Crippen LogP) is 3.81. The largest absolute Gasteiger partial charge is 0.352 e. The molecule has 0 aliphatic heterocycles. The van der Waals surface area contributed by atoms with E-state index in [2.05, 4.69) is 33.9 Å². The first-order chi connectivity index (χ1) is 11.7. The lowest BCUT2D eigenvalue weighted by Gasteiger charge is -2.29. The third-order valence-electron chi connectivity index (χ3n) is 4.56. The number of carbonyl (C=O) groups excluding carboxylic acids is 1. The molecule has 1 amide bonds. The molecule has 3 rings (SSSR count). The molecule has 1 aliphatic rings. The van der Waals surface area contributed by atoms with Crippen LogP contribution >= 0.6 is 23.1 Å². The van der Waals surface area contributed by atoms with Crippen molar-refractivity contribution in [3.63, 3.8) is 0 Å². The highest BCUT2D eigenvalue weighted by atomic mass is 32.2. The van der Waals surface area contributed by atoms with Gasteiger partial charge in [-0.2, -0.15) is 0 Å². The Morgan fingerprint density at radius 3 is 2.96 bits per heavy atom. The van der Waals surface area contributed by atoms with Crippen LogP contribution in [0.15, 0.2) is 22.7 Å². The van der Waals surface area contributed by atoms with Crippen molar-refractivity contribution in [3.8, 4) is 10.7 Å². The van der Waals surface area contributed by atoms with E-state index in [0.29, 0.717) is 17.7 Å². The molecule has 2 heterocycles. The second-order valence-electron chi connectivity index (χ2n) is 6.25. The molecule has 2 atom stereocenters. The predicted molar refractivity (Wildman–Crippen MR) is 99.3 cm³/mol. The second-order valence-corrected chi connectivity index (χ2v) is 8.14. The zero-order chi connectivity index (χ0) is 16.9. The molecule has 7 heteroatoms. The molecule has 5 nitrogen and oxygen atoms in total. The highest BCUT2D eigenvalue weighted by Crippen LogP contribution is 2.27. The lowest BCUT2D eigenvalue weighted by molar-refractivity contribution is -0.119. The first kappa shape index (κ1) is 17.5. The minimum atomic E-state index is 0.0991. The Hall–Kier alpha value is -1.34. The van der Waals surface area contributed by atoms with E-state index in [1.165, 1.54) is 31.0 Å². The van der Waals surface area contributed by atoms with Crippen LogP contribution < -0.4 is 5.32 Å². The van der Waals surface area contributed by atoms with Gasteiger partial charge < -0.3 is 9.88 Å². The molecule has 0 unspecified atom stereocenters. The molecule has 1 fully saturated rings. The summed E-state index contributed by atoms with van der Waals surface area (Å²) in [5, 5.41) is 14.6. The van der Waals surface area contributed by atoms with Crippen molar-refractivity contribution < 1.29 is 4.79 Å². The topological polar surface area (TPSA) is 59.8 Å². The van der Waals surface area contributed by atoms with Crippen LogP contribution in [0.5, 0.6) is 0 Å². The molecular weight excluding hydrogens is 340 g/mol. The summed E-state index contributed by atoms with van der Waals surface area (Å²) in [6, 6.07) is 4.39. The van der Waals surface area contributed by atoms with Gasteiger partial charge in [0.2, 0.25) is 5.91 Å². The van der Waals surface area contributed by atoms with Crippen molar-refractivity contribution in [3.05, 3.63) is 17.5 Å². The highest BCUT2D eigenvalue weighted by molar-refractivity contribution is 7.99. The molecule has 1 aliphatic carbocycles. The van der Waals surface area contributed by atoms with Gasteiger partial charge in [0.15, 0.2) is 11.0 Å². The smallest absolute Gasteiger partial charge is 0.230 e. The van der Waals surface area contributed by atoms with Gasteiger partial charge in [0.25, 0.3) is 0 Å². The van der Waals surface area contributed by atoms with Gasteiger partial charge in [-0.3, -0.25) is 4.79 Å². The molecular formula is C17H24N4OS2. The van der Waals surface area contributed by atoms with Crippen LogP contribution in [-0.2, 0) is 11.3 Å². The van der Waals surface area contributed by atoms with Crippen molar-refractivity contribution in [1.29, 1.82) is 0 Å². The van der Waals surface area contributed by atoms with Crippen LogP contribution in [0, 0.1) is 5.92 Å². The molecule has 1 N–H and O–H groups in total. The van der Waals surface area contributed by atoms with Gasteiger partial charge in [-0.1, -0.05) is 37.6 Å². The average molecular weight is 365 g/mol. The molecule has 2 aromatic rings. The van der Waals surface area contributed by atoms with Gasteiger partial charge in [0.05, 0.1) is 10.6 Å². The van der Waals surface area contributed by atoms with E-state index >= 15 is 0 Å². The van der Waals surface area contributed by atoms with Crippen molar-refractivity contribution in [1.82, 2.24) is 20.1 Å². The summed E-state index contributed by atoms with van der Waals surface area (Å²) in [6.45, 7) is 5.11. The van der Waals surface area contributed by atoms with Crippen molar-refractivity contribution in [2.24, 2.45) is 5.92 Å². The maximum Gasteiger partial charge on any atom is 0.230 e. The Bertz CT molecular complexity index is 668. The fourth-order valence-electron chi connectivity index (χ4n) is 3.18. The lowest BCUT2D eigenvalue weighted by atomic mass is 9.86. The summed E-state index contributed by atoms with van der Waals surface area (Å²) in [5.41, 5.74) is 0. The maximum absolute atomic E-state index is 12.3. The van der Waals surface area contributed by atoms with Crippen LogP contribution in [-0.4, -0.2) is 32.5 Å². The quantitative estimate of drug-likeness (QED) is 0.792. The van der Waals surface area contributed by atoms with E-state index in [-0.39, 0.29) is 5.91 Å². The average Bonchev–Trinajstić information content (AvgIpc) is 3.23. The van der Waals surface area contributed by atoms with Crippen LogP contribution in [0.1, 0.15) is 39.5 Å².